The van der Waals surface area contributed by atoms with Gasteiger partial charge in [-0.3, -0.25) is 14.7 Å². The molecule has 0 aliphatic carbocycles. The van der Waals surface area contributed by atoms with E-state index in [1.165, 1.54) is 11.9 Å². The van der Waals surface area contributed by atoms with Crippen LogP contribution in [0, 0.1) is 0 Å². The number of aromatic nitrogens is 5. The van der Waals surface area contributed by atoms with E-state index in [0.29, 0.717) is 40.9 Å². The summed E-state index contributed by atoms with van der Waals surface area (Å²) in [6.45, 7) is 0.349. The number of amides is 1. The fourth-order valence-corrected chi connectivity index (χ4v) is 2.86. The molecular weight excluding hydrogens is 336 g/mol. The lowest BCUT2D eigenvalue weighted by molar-refractivity contribution is 0.0996. The largest absolute Gasteiger partial charge is 0.491 e. The zero-order valence-electron chi connectivity index (χ0n) is 14.5. The van der Waals surface area contributed by atoms with Crippen molar-refractivity contribution >= 4 is 11.7 Å². The molecule has 1 aliphatic heterocycles. The van der Waals surface area contributed by atoms with Crippen LogP contribution in [0.4, 0.5) is 5.82 Å². The minimum Gasteiger partial charge on any atom is -0.491 e. The number of pyridine rings is 2. The van der Waals surface area contributed by atoms with Crippen LogP contribution in [0.15, 0.2) is 30.6 Å². The number of nitrogens with zero attached hydrogens (tertiary/aromatic N) is 6. The Bertz CT molecular complexity index is 1000. The molecule has 3 aromatic rings. The van der Waals surface area contributed by atoms with E-state index in [-0.39, 0.29) is 5.91 Å². The van der Waals surface area contributed by atoms with Gasteiger partial charge in [0, 0.05) is 18.8 Å². The van der Waals surface area contributed by atoms with Crippen molar-refractivity contribution in [2.24, 2.45) is 7.05 Å². The van der Waals surface area contributed by atoms with Crippen molar-refractivity contribution in [1.82, 2.24) is 25.0 Å². The Morgan fingerprint density at radius 2 is 2.00 bits per heavy atom. The quantitative estimate of drug-likeness (QED) is 0.701. The summed E-state index contributed by atoms with van der Waals surface area (Å²) in [5.74, 6) is 1.29. The number of anilines is 1. The van der Waals surface area contributed by atoms with Crippen LogP contribution in [0.5, 0.6) is 11.6 Å². The molecule has 4 heterocycles. The third-order valence-electron chi connectivity index (χ3n) is 4.15. The average Bonchev–Trinajstić information content (AvgIpc) is 3.24. The average molecular weight is 352 g/mol. The maximum absolute atomic E-state index is 12.6. The van der Waals surface area contributed by atoms with Crippen LogP contribution in [0.2, 0.25) is 0 Å². The maximum Gasteiger partial charge on any atom is 0.261 e. The van der Waals surface area contributed by atoms with Crippen LogP contribution < -0.4 is 14.4 Å². The van der Waals surface area contributed by atoms with Crippen LogP contribution in [-0.2, 0) is 13.6 Å². The third kappa shape index (κ3) is 2.53. The lowest BCUT2D eigenvalue weighted by Crippen LogP contribution is -2.23. The molecule has 9 nitrogen and oxygen atoms in total. The van der Waals surface area contributed by atoms with Gasteiger partial charge in [0.1, 0.15) is 0 Å². The molecular formula is C17H16N6O3. The first-order valence-electron chi connectivity index (χ1n) is 7.87. The highest BCUT2D eigenvalue weighted by Gasteiger charge is 2.31. The highest BCUT2D eigenvalue weighted by atomic mass is 16.5. The summed E-state index contributed by atoms with van der Waals surface area (Å²) in [5, 5.41) is 8.21. The molecule has 0 unspecified atom stereocenters. The van der Waals surface area contributed by atoms with Gasteiger partial charge in [-0.15, -0.1) is 5.10 Å². The minimum absolute atomic E-state index is 0.134. The highest BCUT2D eigenvalue weighted by Crippen LogP contribution is 2.31. The van der Waals surface area contributed by atoms with Crippen LogP contribution in [0.25, 0.3) is 11.3 Å². The van der Waals surface area contributed by atoms with E-state index < -0.39 is 0 Å². The first-order valence-corrected chi connectivity index (χ1v) is 7.87. The summed E-state index contributed by atoms with van der Waals surface area (Å²) in [4.78, 5) is 24.4. The number of ether oxygens (including phenoxy) is 2. The normalized spacial score (nSPS) is 13.0. The number of carbonyl (C=O) groups excluding carboxylic acids is 1. The molecule has 0 atom stereocenters. The van der Waals surface area contributed by atoms with E-state index >= 15 is 0 Å². The second-order valence-corrected chi connectivity index (χ2v) is 5.71. The second kappa shape index (κ2) is 6.10. The summed E-state index contributed by atoms with van der Waals surface area (Å²) in [6, 6.07) is 5.37. The topological polar surface area (TPSA) is 95.3 Å². The number of fused-ring (bicyclic) bond motifs is 1. The Balaban J connectivity index is 1.69. The first-order chi connectivity index (χ1) is 12.6. The smallest absolute Gasteiger partial charge is 0.261 e. The molecule has 132 valence electrons. The fourth-order valence-electron chi connectivity index (χ4n) is 2.86. The Kier molecular flexibility index (Phi) is 3.76. The van der Waals surface area contributed by atoms with E-state index in [1.54, 1.807) is 49.7 Å². The van der Waals surface area contributed by atoms with Gasteiger partial charge in [0.25, 0.3) is 11.8 Å². The highest BCUT2D eigenvalue weighted by molar-refractivity contribution is 6.09. The number of aryl methyl sites for hydroxylation is 1. The van der Waals surface area contributed by atoms with Gasteiger partial charge in [-0.2, -0.15) is 9.90 Å². The standard InChI is InChI=1S/C17H16N6O3/c1-22-19-8-15(21-22)23-9-13-11(17(23)24)4-5-12(20-13)10-6-14(25-2)16(26-3)18-7-10/h4-8H,9H2,1-3H3. The van der Waals surface area contributed by atoms with Gasteiger partial charge in [-0.05, 0) is 18.2 Å². The monoisotopic (exact) mass is 352 g/mol. The zero-order chi connectivity index (χ0) is 18.3. The van der Waals surface area contributed by atoms with Crippen molar-refractivity contribution in [3.8, 4) is 22.9 Å². The molecule has 0 bridgehead atoms. The molecule has 0 saturated heterocycles. The molecule has 4 rings (SSSR count). The lowest BCUT2D eigenvalue weighted by Gasteiger charge is -2.10. The Labute approximate surface area is 149 Å². The number of rotatable bonds is 4. The molecule has 1 amide bonds. The van der Waals surface area contributed by atoms with Crippen LogP contribution in [0.3, 0.4) is 0 Å². The molecule has 0 saturated carbocycles. The van der Waals surface area contributed by atoms with E-state index in [1.807, 2.05) is 0 Å². The van der Waals surface area contributed by atoms with Crippen molar-refractivity contribution in [1.29, 1.82) is 0 Å². The molecule has 0 radical (unpaired) electrons. The van der Waals surface area contributed by atoms with E-state index in [2.05, 4.69) is 20.2 Å². The first kappa shape index (κ1) is 16.0. The Morgan fingerprint density at radius 3 is 2.69 bits per heavy atom. The van der Waals surface area contributed by atoms with Crippen LogP contribution in [0.1, 0.15) is 16.1 Å². The molecule has 0 aromatic carbocycles. The summed E-state index contributed by atoms with van der Waals surface area (Å²) < 4.78 is 10.4. The zero-order valence-corrected chi connectivity index (χ0v) is 14.5. The van der Waals surface area contributed by atoms with Crippen molar-refractivity contribution in [2.75, 3.05) is 19.1 Å². The predicted octanol–water partition coefficient (Wildman–Crippen LogP) is 1.45. The fraction of sp³-hybridized carbons (Fsp3) is 0.235. The third-order valence-corrected chi connectivity index (χ3v) is 4.15. The van der Waals surface area contributed by atoms with Crippen molar-refractivity contribution in [2.45, 2.75) is 6.54 Å². The molecule has 0 spiro atoms. The Hall–Kier alpha value is -3.49. The summed E-state index contributed by atoms with van der Waals surface area (Å²) >= 11 is 0. The summed E-state index contributed by atoms with van der Waals surface area (Å²) in [7, 11) is 4.79. The molecule has 1 aliphatic rings. The lowest BCUT2D eigenvalue weighted by atomic mass is 10.1. The number of carbonyl (C=O) groups is 1. The van der Waals surface area contributed by atoms with Crippen molar-refractivity contribution < 1.29 is 14.3 Å². The molecule has 3 aromatic heterocycles. The minimum atomic E-state index is -0.134. The number of hydrogen-bond acceptors (Lipinski definition) is 7. The maximum atomic E-state index is 12.6. The van der Waals surface area contributed by atoms with Crippen LogP contribution in [-0.4, -0.2) is 45.1 Å². The second-order valence-electron chi connectivity index (χ2n) is 5.71. The number of hydrogen-bond donors (Lipinski definition) is 0. The van der Waals surface area contributed by atoms with Gasteiger partial charge in [0.15, 0.2) is 11.6 Å². The molecule has 26 heavy (non-hydrogen) atoms. The predicted molar refractivity (Wildman–Crippen MR) is 92.1 cm³/mol. The summed E-state index contributed by atoms with van der Waals surface area (Å²) in [6.07, 6.45) is 3.22. The Morgan fingerprint density at radius 1 is 1.15 bits per heavy atom. The molecule has 0 fully saturated rings. The van der Waals surface area contributed by atoms with Gasteiger partial charge in [-0.25, -0.2) is 4.98 Å². The van der Waals surface area contributed by atoms with Gasteiger partial charge in [0.2, 0.25) is 0 Å². The van der Waals surface area contributed by atoms with Gasteiger partial charge >= 0.3 is 0 Å². The van der Waals surface area contributed by atoms with E-state index in [9.17, 15) is 4.79 Å². The van der Waals surface area contributed by atoms with Crippen LogP contribution >= 0.6 is 0 Å². The van der Waals surface area contributed by atoms with Crippen molar-refractivity contribution in [3.05, 3.63) is 41.9 Å². The van der Waals surface area contributed by atoms with Gasteiger partial charge in [0.05, 0.1) is 43.9 Å². The SMILES string of the molecule is COc1cc(-c2ccc3c(n2)CN(c2cnn(C)n2)C3=O)cnc1OC. The van der Waals surface area contributed by atoms with E-state index in [0.717, 1.165) is 5.56 Å². The van der Waals surface area contributed by atoms with E-state index in [4.69, 9.17) is 9.47 Å². The van der Waals surface area contributed by atoms with Crippen molar-refractivity contribution in [3.63, 3.8) is 0 Å². The number of methoxy groups -OCH3 is 2. The molecule has 0 N–H and O–H groups in total. The molecule has 9 heteroatoms. The van der Waals surface area contributed by atoms with Gasteiger partial charge < -0.3 is 9.47 Å². The van der Waals surface area contributed by atoms with Gasteiger partial charge in [-0.1, -0.05) is 0 Å². The summed E-state index contributed by atoms with van der Waals surface area (Å²) in [5.41, 5.74) is 2.72.